The van der Waals surface area contributed by atoms with Crippen molar-refractivity contribution in [2.24, 2.45) is 0 Å². The summed E-state index contributed by atoms with van der Waals surface area (Å²) >= 11 is 6.08. The van der Waals surface area contributed by atoms with Crippen molar-refractivity contribution in [1.29, 1.82) is 0 Å². The van der Waals surface area contributed by atoms with Gasteiger partial charge < -0.3 is 9.47 Å². The molecule has 0 aliphatic rings. The molecule has 0 saturated heterocycles. The monoisotopic (exact) mass is 423 g/mol. The highest BCUT2D eigenvalue weighted by molar-refractivity contribution is 7.92. The summed E-state index contributed by atoms with van der Waals surface area (Å²) in [5.41, 5.74) is 0.831. The van der Waals surface area contributed by atoms with E-state index in [0.717, 1.165) is 0 Å². The summed E-state index contributed by atoms with van der Waals surface area (Å²) in [5, 5.41) is 11.8. The fourth-order valence-corrected chi connectivity index (χ4v) is 4.09. The second kappa shape index (κ2) is 8.03. The Labute approximate surface area is 167 Å². The van der Waals surface area contributed by atoms with Gasteiger partial charge in [0.05, 0.1) is 24.9 Å². The lowest BCUT2D eigenvalue weighted by atomic mass is 10.2. The van der Waals surface area contributed by atoms with Gasteiger partial charge in [-0.1, -0.05) is 11.6 Å². The van der Waals surface area contributed by atoms with Crippen LogP contribution in [0.15, 0.2) is 41.3 Å². The third-order valence-corrected chi connectivity index (χ3v) is 5.64. The number of sulfonamides is 1. The molecule has 0 fully saturated rings. The Hall–Kier alpha value is -2.85. The molecule has 1 aromatic heterocycles. The lowest BCUT2D eigenvalue weighted by molar-refractivity contribution is 0.403. The smallest absolute Gasteiger partial charge is 0.265 e. The molecular formula is C17H18ClN5O4S. The number of nitrogens with zero attached hydrogens (tertiary/aromatic N) is 4. The van der Waals surface area contributed by atoms with Crippen LogP contribution in [0.4, 0.5) is 5.69 Å². The van der Waals surface area contributed by atoms with Gasteiger partial charge in [-0.15, -0.1) is 5.10 Å². The molecule has 0 radical (unpaired) electrons. The number of nitrogens with one attached hydrogen (secondary N) is 1. The number of aryl methyl sites for hydroxylation is 1. The van der Waals surface area contributed by atoms with E-state index >= 15 is 0 Å². The van der Waals surface area contributed by atoms with E-state index in [4.69, 9.17) is 21.1 Å². The Kier molecular flexibility index (Phi) is 5.71. The molecule has 2 aromatic carbocycles. The molecule has 1 N–H and O–H groups in total. The Balaban J connectivity index is 2.03. The summed E-state index contributed by atoms with van der Waals surface area (Å²) in [6.07, 6.45) is 0. The summed E-state index contributed by atoms with van der Waals surface area (Å²) in [6, 6.07) is 9.30. The lowest BCUT2D eigenvalue weighted by Crippen LogP contribution is -2.14. The van der Waals surface area contributed by atoms with Crippen molar-refractivity contribution in [3.05, 3.63) is 41.4 Å². The average Bonchev–Trinajstić information content (AvgIpc) is 3.16. The highest BCUT2D eigenvalue weighted by atomic mass is 35.5. The maximum absolute atomic E-state index is 13.0. The largest absolute Gasteiger partial charge is 0.495 e. The van der Waals surface area contributed by atoms with E-state index in [1.807, 2.05) is 6.92 Å². The molecule has 0 spiro atoms. The minimum Gasteiger partial charge on any atom is -0.495 e. The van der Waals surface area contributed by atoms with Crippen LogP contribution in [0.3, 0.4) is 0 Å². The number of aromatic nitrogens is 4. The van der Waals surface area contributed by atoms with Crippen molar-refractivity contribution in [1.82, 2.24) is 20.2 Å². The third kappa shape index (κ3) is 3.87. The topological polar surface area (TPSA) is 108 Å². The molecule has 0 bridgehead atoms. The quantitative estimate of drug-likeness (QED) is 0.622. The number of hydrogen-bond acceptors (Lipinski definition) is 7. The van der Waals surface area contributed by atoms with Crippen LogP contribution in [0.25, 0.3) is 11.4 Å². The fourth-order valence-electron chi connectivity index (χ4n) is 2.59. The molecule has 0 atom stereocenters. The first-order chi connectivity index (χ1) is 13.4. The maximum atomic E-state index is 13.0. The van der Waals surface area contributed by atoms with E-state index in [-0.39, 0.29) is 21.4 Å². The van der Waals surface area contributed by atoms with Gasteiger partial charge >= 0.3 is 0 Å². The second-order valence-electron chi connectivity index (χ2n) is 5.64. The zero-order chi connectivity index (χ0) is 20.3. The van der Waals surface area contributed by atoms with Crippen molar-refractivity contribution < 1.29 is 17.9 Å². The zero-order valence-corrected chi connectivity index (χ0v) is 17.0. The molecular weight excluding hydrogens is 406 g/mol. The van der Waals surface area contributed by atoms with Crippen LogP contribution in [-0.4, -0.2) is 42.8 Å². The standard InChI is InChI=1S/C17H18ClN5O4S/c1-4-23-17(19-21-22-23)11-5-7-15(27-3)16(9-11)28(24,25)20-12-6-8-14(26-2)13(18)10-12/h5-10,20H,4H2,1-3H3. The Morgan fingerprint density at radius 2 is 1.82 bits per heavy atom. The SMILES string of the molecule is CCn1nnnc1-c1ccc(OC)c(S(=O)(=O)Nc2ccc(OC)c(Cl)c2)c1. The minimum atomic E-state index is -3.98. The molecule has 3 rings (SSSR count). The van der Waals surface area contributed by atoms with Crippen molar-refractivity contribution >= 4 is 27.3 Å². The summed E-state index contributed by atoms with van der Waals surface area (Å²) in [4.78, 5) is -0.0508. The van der Waals surface area contributed by atoms with Gasteiger partial charge in [0.25, 0.3) is 10.0 Å². The lowest BCUT2D eigenvalue weighted by Gasteiger charge is -2.14. The van der Waals surface area contributed by atoms with Crippen LogP contribution >= 0.6 is 11.6 Å². The molecule has 0 aliphatic heterocycles. The molecule has 9 nitrogen and oxygen atoms in total. The maximum Gasteiger partial charge on any atom is 0.265 e. The summed E-state index contributed by atoms with van der Waals surface area (Å²) in [5.74, 6) is 1.08. The Morgan fingerprint density at radius 3 is 2.46 bits per heavy atom. The van der Waals surface area contributed by atoms with E-state index in [1.54, 1.807) is 28.9 Å². The predicted molar refractivity (Wildman–Crippen MR) is 104 cm³/mol. The molecule has 1 heterocycles. The van der Waals surface area contributed by atoms with E-state index in [2.05, 4.69) is 20.2 Å². The summed E-state index contributed by atoms with van der Waals surface area (Å²) in [7, 11) is -1.10. The van der Waals surface area contributed by atoms with E-state index in [9.17, 15) is 8.42 Å². The number of anilines is 1. The highest BCUT2D eigenvalue weighted by Gasteiger charge is 2.22. The first-order valence-corrected chi connectivity index (χ1v) is 10.1. The number of rotatable bonds is 7. The molecule has 0 saturated carbocycles. The first kappa shape index (κ1) is 19.9. The molecule has 11 heteroatoms. The normalized spacial score (nSPS) is 11.3. The van der Waals surface area contributed by atoms with Crippen LogP contribution in [-0.2, 0) is 16.6 Å². The molecule has 3 aromatic rings. The van der Waals surface area contributed by atoms with E-state index in [0.29, 0.717) is 23.7 Å². The van der Waals surface area contributed by atoms with Gasteiger partial charge in [0.1, 0.15) is 16.4 Å². The summed E-state index contributed by atoms with van der Waals surface area (Å²) in [6.45, 7) is 2.43. The van der Waals surface area contributed by atoms with Crippen molar-refractivity contribution in [3.63, 3.8) is 0 Å². The number of hydrogen-bond donors (Lipinski definition) is 1. The van der Waals surface area contributed by atoms with Gasteiger partial charge in [-0.3, -0.25) is 4.72 Å². The molecule has 28 heavy (non-hydrogen) atoms. The number of methoxy groups -OCH3 is 2. The van der Waals surface area contributed by atoms with E-state index < -0.39 is 10.0 Å². The van der Waals surface area contributed by atoms with E-state index in [1.165, 1.54) is 26.4 Å². The van der Waals surface area contributed by atoms with Crippen molar-refractivity contribution in [3.8, 4) is 22.9 Å². The number of ether oxygens (including phenoxy) is 2. The van der Waals surface area contributed by atoms with Crippen LogP contribution in [0, 0.1) is 0 Å². The summed E-state index contributed by atoms with van der Waals surface area (Å²) < 4.78 is 40.4. The van der Waals surface area contributed by atoms with Crippen LogP contribution in [0.1, 0.15) is 6.92 Å². The fraction of sp³-hybridized carbons (Fsp3) is 0.235. The minimum absolute atomic E-state index is 0.0508. The van der Waals surface area contributed by atoms with Crippen LogP contribution in [0.2, 0.25) is 5.02 Å². The second-order valence-corrected chi connectivity index (χ2v) is 7.70. The van der Waals surface area contributed by atoms with Gasteiger partial charge in [0, 0.05) is 12.1 Å². The van der Waals surface area contributed by atoms with Gasteiger partial charge in [0.15, 0.2) is 5.82 Å². The molecule has 0 unspecified atom stereocenters. The van der Waals surface area contributed by atoms with Gasteiger partial charge in [-0.25, -0.2) is 13.1 Å². The molecule has 148 valence electrons. The average molecular weight is 424 g/mol. The molecule has 0 amide bonds. The number of tetrazole rings is 1. The van der Waals surface area contributed by atoms with Crippen LogP contribution in [0.5, 0.6) is 11.5 Å². The third-order valence-electron chi connectivity index (χ3n) is 3.95. The zero-order valence-electron chi connectivity index (χ0n) is 15.4. The Morgan fingerprint density at radius 1 is 1.11 bits per heavy atom. The van der Waals surface area contributed by atoms with Gasteiger partial charge in [-0.2, -0.15) is 0 Å². The number of halogens is 1. The van der Waals surface area contributed by atoms with Crippen molar-refractivity contribution in [2.45, 2.75) is 18.4 Å². The first-order valence-electron chi connectivity index (χ1n) is 8.20. The Bertz CT molecular complexity index is 1100. The van der Waals surface area contributed by atoms with Crippen LogP contribution < -0.4 is 14.2 Å². The van der Waals surface area contributed by atoms with Gasteiger partial charge in [-0.05, 0) is 53.7 Å². The van der Waals surface area contributed by atoms with Crippen molar-refractivity contribution in [2.75, 3.05) is 18.9 Å². The highest BCUT2D eigenvalue weighted by Crippen LogP contribution is 2.32. The van der Waals surface area contributed by atoms with Gasteiger partial charge in [0.2, 0.25) is 0 Å². The molecule has 0 aliphatic carbocycles. The predicted octanol–water partition coefficient (Wildman–Crippen LogP) is 2.83. The number of benzene rings is 2.